The summed E-state index contributed by atoms with van der Waals surface area (Å²) < 4.78 is 41.7. The molecule has 0 heterocycles. The Kier molecular flexibility index (Phi) is 4.02. The second kappa shape index (κ2) is 5.36. The van der Waals surface area contributed by atoms with Crippen molar-refractivity contribution in [1.82, 2.24) is 0 Å². The molecule has 18 heavy (non-hydrogen) atoms. The first kappa shape index (κ1) is 13.5. The summed E-state index contributed by atoms with van der Waals surface area (Å²) in [7, 11) is -3.70. The molecule has 1 saturated carbocycles. The number of aryl methyl sites for hydroxylation is 1. The smallest absolute Gasteiger partial charge is 0.266 e. The molecule has 5 heteroatoms. The molecule has 100 valence electrons. The summed E-state index contributed by atoms with van der Waals surface area (Å²) in [6.07, 6.45) is 0.813. The Balaban J connectivity index is 1.97. The van der Waals surface area contributed by atoms with E-state index >= 15 is 0 Å². The first-order chi connectivity index (χ1) is 8.47. The van der Waals surface area contributed by atoms with Gasteiger partial charge in [-0.15, -0.1) is 0 Å². The number of halogens is 1. The molecular weight excluding hydrogens is 255 g/mol. The molecule has 0 unspecified atom stereocenters. The van der Waals surface area contributed by atoms with Gasteiger partial charge in [-0.25, -0.2) is 4.39 Å². The van der Waals surface area contributed by atoms with Crippen LogP contribution in [0.15, 0.2) is 29.2 Å². The van der Waals surface area contributed by atoms with Gasteiger partial charge in [0.25, 0.3) is 10.1 Å². The van der Waals surface area contributed by atoms with Gasteiger partial charge < -0.3 is 0 Å². The summed E-state index contributed by atoms with van der Waals surface area (Å²) in [5.41, 5.74) is 0.991. The summed E-state index contributed by atoms with van der Waals surface area (Å²) in [6, 6.07) is 6.50. The molecule has 1 aromatic rings. The molecule has 3 nitrogen and oxygen atoms in total. The van der Waals surface area contributed by atoms with Crippen LogP contribution >= 0.6 is 0 Å². The van der Waals surface area contributed by atoms with Gasteiger partial charge in [0.15, 0.2) is 0 Å². The van der Waals surface area contributed by atoms with Crippen molar-refractivity contribution in [1.29, 1.82) is 0 Å². The first-order valence-electron chi connectivity index (χ1n) is 6.07. The van der Waals surface area contributed by atoms with Gasteiger partial charge in [0.2, 0.25) is 0 Å². The van der Waals surface area contributed by atoms with Crippen LogP contribution in [-0.4, -0.2) is 21.2 Å². The van der Waals surface area contributed by atoms with E-state index in [1.54, 1.807) is 12.1 Å². The van der Waals surface area contributed by atoms with Crippen LogP contribution in [0.4, 0.5) is 4.39 Å². The van der Waals surface area contributed by atoms with Crippen LogP contribution in [0.5, 0.6) is 0 Å². The molecule has 0 amide bonds. The third-order valence-electron chi connectivity index (χ3n) is 3.25. The topological polar surface area (TPSA) is 43.4 Å². The lowest BCUT2D eigenvalue weighted by Gasteiger charge is -2.10. The van der Waals surface area contributed by atoms with Crippen molar-refractivity contribution in [3.63, 3.8) is 0 Å². The van der Waals surface area contributed by atoms with E-state index < -0.39 is 16.3 Å². The van der Waals surface area contributed by atoms with E-state index in [0.717, 1.165) is 5.56 Å². The minimum absolute atomic E-state index is 0.0141. The van der Waals surface area contributed by atoms with E-state index in [1.165, 1.54) is 12.1 Å². The molecule has 0 saturated heterocycles. The lowest BCUT2D eigenvalue weighted by molar-refractivity contribution is 0.244. The number of rotatable bonds is 4. The van der Waals surface area contributed by atoms with Crippen molar-refractivity contribution in [2.24, 2.45) is 5.92 Å². The summed E-state index contributed by atoms with van der Waals surface area (Å²) in [5.74, 6) is 0.0141. The monoisotopic (exact) mass is 272 g/mol. The van der Waals surface area contributed by atoms with E-state index in [1.807, 2.05) is 6.92 Å². The first-order valence-corrected chi connectivity index (χ1v) is 7.48. The predicted octanol–water partition coefficient (Wildman–Crippen LogP) is 2.84. The molecule has 0 spiro atoms. The van der Waals surface area contributed by atoms with Crippen molar-refractivity contribution in [3.05, 3.63) is 29.8 Å². The van der Waals surface area contributed by atoms with Crippen molar-refractivity contribution in [2.75, 3.05) is 6.61 Å². The molecular formula is C13H17FO3S. The van der Waals surface area contributed by atoms with E-state index in [9.17, 15) is 12.8 Å². The summed E-state index contributed by atoms with van der Waals surface area (Å²) >= 11 is 0. The minimum atomic E-state index is -3.70. The largest absolute Gasteiger partial charge is 0.296 e. The molecule has 0 aliphatic heterocycles. The Morgan fingerprint density at radius 2 is 1.94 bits per heavy atom. The van der Waals surface area contributed by atoms with Gasteiger partial charge in [-0.05, 0) is 44.2 Å². The Labute approximate surface area is 107 Å². The zero-order valence-electron chi connectivity index (χ0n) is 10.3. The van der Waals surface area contributed by atoms with Crippen LogP contribution in [0, 0.1) is 12.8 Å². The van der Waals surface area contributed by atoms with Crippen molar-refractivity contribution >= 4 is 10.1 Å². The van der Waals surface area contributed by atoms with E-state index in [4.69, 9.17) is 4.18 Å². The fraction of sp³-hybridized carbons (Fsp3) is 0.538. The highest BCUT2D eigenvalue weighted by atomic mass is 32.2. The highest BCUT2D eigenvalue weighted by molar-refractivity contribution is 7.86. The van der Waals surface area contributed by atoms with Crippen LogP contribution in [0.25, 0.3) is 0 Å². The van der Waals surface area contributed by atoms with E-state index in [0.29, 0.717) is 19.3 Å². The summed E-state index contributed by atoms with van der Waals surface area (Å²) in [5, 5.41) is 0. The molecule has 0 N–H and O–H groups in total. The molecule has 1 fully saturated rings. The van der Waals surface area contributed by atoms with Gasteiger partial charge in [0.1, 0.15) is 6.17 Å². The molecule has 2 rings (SSSR count). The molecule has 1 aromatic carbocycles. The lowest BCUT2D eigenvalue weighted by Crippen LogP contribution is -2.13. The standard InChI is InChI=1S/C13H17FO3S/c1-10-2-6-13(7-3-10)18(15,16)17-9-11-4-5-12(14)8-11/h2-3,6-7,11-12H,4-5,8-9H2,1H3/t11-,12+/m1/s1. The van der Waals surface area contributed by atoms with Crippen LogP contribution in [0.3, 0.4) is 0 Å². The number of hydrogen-bond donors (Lipinski definition) is 0. The van der Waals surface area contributed by atoms with Gasteiger partial charge in [0, 0.05) is 0 Å². The maximum atomic E-state index is 13.0. The Morgan fingerprint density at radius 1 is 1.28 bits per heavy atom. The normalized spacial score (nSPS) is 24.3. The third kappa shape index (κ3) is 3.29. The van der Waals surface area contributed by atoms with Gasteiger partial charge in [-0.1, -0.05) is 17.7 Å². The van der Waals surface area contributed by atoms with Gasteiger partial charge >= 0.3 is 0 Å². The third-order valence-corrected chi connectivity index (χ3v) is 4.54. The second-order valence-corrected chi connectivity index (χ2v) is 6.44. The highest BCUT2D eigenvalue weighted by Gasteiger charge is 2.26. The molecule has 0 aromatic heterocycles. The van der Waals surface area contributed by atoms with Crippen LogP contribution in [0.2, 0.25) is 0 Å². The van der Waals surface area contributed by atoms with Gasteiger partial charge in [-0.3, -0.25) is 4.18 Å². The predicted molar refractivity (Wildman–Crippen MR) is 66.6 cm³/mol. The Morgan fingerprint density at radius 3 is 2.50 bits per heavy atom. The van der Waals surface area contributed by atoms with E-state index in [-0.39, 0.29) is 17.4 Å². The molecule has 0 bridgehead atoms. The molecule has 1 aliphatic carbocycles. The summed E-state index contributed by atoms with van der Waals surface area (Å²) in [6.45, 7) is 1.97. The maximum Gasteiger partial charge on any atom is 0.296 e. The fourth-order valence-electron chi connectivity index (χ4n) is 2.12. The van der Waals surface area contributed by atoms with Crippen molar-refractivity contribution in [2.45, 2.75) is 37.3 Å². The maximum absolute atomic E-state index is 13.0. The minimum Gasteiger partial charge on any atom is -0.266 e. The van der Waals surface area contributed by atoms with Crippen molar-refractivity contribution in [3.8, 4) is 0 Å². The molecule has 2 atom stereocenters. The van der Waals surface area contributed by atoms with Crippen LogP contribution < -0.4 is 0 Å². The number of benzene rings is 1. The number of alkyl halides is 1. The quantitative estimate of drug-likeness (QED) is 0.792. The van der Waals surface area contributed by atoms with Crippen LogP contribution in [0.1, 0.15) is 24.8 Å². The average Bonchev–Trinajstić information content (AvgIpc) is 2.73. The molecule has 0 radical (unpaired) electrons. The van der Waals surface area contributed by atoms with Crippen molar-refractivity contribution < 1.29 is 17.0 Å². The average molecular weight is 272 g/mol. The number of hydrogen-bond acceptors (Lipinski definition) is 3. The SMILES string of the molecule is Cc1ccc(S(=O)(=O)OC[C@@H]2CC[C@H](F)C2)cc1. The Bertz CT molecular complexity index is 495. The summed E-state index contributed by atoms with van der Waals surface area (Å²) in [4.78, 5) is 0.155. The van der Waals surface area contributed by atoms with Gasteiger partial charge in [0.05, 0.1) is 11.5 Å². The highest BCUT2D eigenvalue weighted by Crippen LogP contribution is 2.28. The van der Waals surface area contributed by atoms with Gasteiger partial charge in [-0.2, -0.15) is 8.42 Å². The van der Waals surface area contributed by atoms with E-state index in [2.05, 4.69) is 0 Å². The molecule has 1 aliphatic rings. The fourth-order valence-corrected chi connectivity index (χ4v) is 3.10. The van der Waals surface area contributed by atoms with Crippen LogP contribution in [-0.2, 0) is 14.3 Å². The zero-order valence-corrected chi connectivity index (χ0v) is 11.1. The second-order valence-electron chi connectivity index (χ2n) is 4.83. The Hall–Kier alpha value is -0.940. The zero-order chi connectivity index (χ0) is 13.2. The lowest BCUT2D eigenvalue weighted by atomic mass is 10.1.